The van der Waals surface area contributed by atoms with E-state index in [1.165, 1.54) is 41.3 Å². The number of aliphatic hydroxyl groups excluding tert-OH is 4. The molecule has 4 unspecified atom stereocenters. The molecule has 2 aliphatic rings. The van der Waals surface area contributed by atoms with Crippen LogP contribution in [0, 0.1) is 11.8 Å². The van der Waals surface area contributed by atoms with E-state index in [2.05, 4.69) is 6.58 Å². The van der Waals surface area contributed by atoms with Gasteiger partial charge in [0, 0.05) is 17.9 Å². The van der Waals surface area contributed by atoms with Gasteiger partial charge in [-0.2, -0.15) is 4.57 Å². The molecule has 0 saturated carbocycles. The van der Waals surface area contributed by atoms with Crippen molar-refractivity contribution in [1.29, 1.82) is 0 Å². The Morgan fingerprint density at radius 3 is 2.29 bits per heavy atom. The third-order valence-corrected chi connectivity index (χ3v) is 7.62. The third-order valence-electron chi connectivity index (χ3n) is 7.62. The number of rotatable bonds is 12. The number of carboxylic acids is 3. The second-order valence-corrected chi connectivity index (χ2v) is 10.6. The number of allylic oxidation sites excluding steroid dienone is 1. The molecule has 14 nitrogen and oxygen atoms in total. The molecule has 9 atom stereocenters. The quantitative estimate of drug-likeness (QED) is 0.123. The molecule has 7 N–H and O–H groups in total. The first-order valence-corrected chi connectivity index (χ1v) is 13.9. The minimum absolute atomic E-state index is 0.0639. The number of hydrogen-bond donors (Lipinski definition) is 7. The van der Waals surface area contributed by atoms with Gasteiger partial charge in [-0.05, 0) is 11.6 Å². The van der Waals surface area contributed by atoms with Gasteiger partial charge in [0.2, 0.25) is 6.29 Å². The van der Waals surface area contributed by atoms with Crippen LogP contribution >= 0.6 is 0 Å². The second kappa shape index (κ2) is 14.6. The van der Waals surface area contributed by atoms with Crippen LogP contribution in [0.2, 0.25) is 0 Å². The topological polar surface area (TPSA) is 224 Å². The first-order chi connectivity index (χ1) is 21.4. The molecule has 2 aromatic rings. The van der Waals surface area contributed by atoms with E-state index >= 15 is 0 Å². The first kappa shape index (κ1) is 33.5. The van der Waals surface area contributed by atoms with Gasteiger partial charge in [-0.1, -0.05) is 48.6 Å². The van der Waals surface area contributed by atoms with Crippen molar-refractivity contribution in [3.05, 3.63) is 96.0 Å². The average molecular weight is 629 g/mol. The number of hydrogen-bond acceptors (Lipinski definition) is 10. The summed E-state index contributed by atoms with van der Waals surface area (Å²) in [7, 11) is 0. The zero-order valence-electron chi connectivity index (χ0n) is 23.8. The normalized spacial score (nSPS) is 28.9. The first-order valence-electron chi connectivity index (χ1n) is 13.9. The number of benzene rings is 1. The summed E-state index contributed by atoms with van der Waals surface area (Å²) in [4.78, 5) is 36.3. The lowest BCUT2D eigenvalue weighted by Gasteiger charge is -2.42. The SMILES string of the molecule is C=CC1C(O[C@@H]2O[C@H](CO)[C@@H](O)[C@H](O)[C@H]2O)OC=C(C(=O)O)C1/C=C/c1cc(C(=O)O)c[n+](C(Cc2ccccc2)C(=O)O)c1. The lowest BCUT2D eigenvalue weighted by molar-refractivity contribution is -0.710. The lowest BCUT2D eigenvalue weighted by atomic mass is 9.83. The van der Waals surface area contributed by atoms with E-state index in [9.17, 15) is 50.1 Å². The van der Waals surface area contributed by atoms with Gasteiger partial charge in [-0.15, -0.1) is 6.58 Å². The van der Waals surface area contributed by atoms with Crippen LogP contribution < -0.4 is 4.57 Å². The summed E-state index contributed by atoms with van der Waals surface area (Å²) in [6.07, 6.45) is -1.42. The Balaban J connectivity index is 1.66. The molecule has 0 amide bonds. The van der Waals surface area contributed by atoms with E-state index in [1.54, 1.807) is 30.3 Å². The van der Waals surface area contributed by atoms with Crippen LogP contribution in [0.5, 0.6) is 0 Å². The predicted molar refractivity (Wildman–Crippen MR) is 152 cm³/mol. The second-order valence-electron chi connectivity index (χ2n) is 10.6. The maximum absolute atomic E-state index is 12.2. The maximum atomic E-state index is 12.2. The highest BCUT2D eigenvalue weighted by Gasteiger charge is 2.47. The van der Waals surface area contributed by atoms with Crippen molar-refractivity contribution in [1.82, 2.24) is 0 Å². The van der Waals surface area contributed by atoms with Gasteiger partial charge in [0.25, 0.3) is 6.04 Å². The highest BCUT2D eigenvalue weighted by atomic mass is 16.8. The zero-order chi connectivity index (χ0) is 32.8. The van der Waals surface area contributed by atoms with Gasteiger partial charge >= 0.3 is 17.9 Å². The molecule has 3 heterocycles. The number of aromatic nitrogens is 1. The summed E-state index contributed by atoms with van der Waals surface area (Å²) in [6.45, 7) is 3.05. The molecule has 1 fully saturated rings. The fourth-order valence-corrected chi connectivity index (χ4v) is 5.19. The van der Waals surface area contributed by atoms with Crippen molar-refractivity contribution in [2.45, 2.75) is 49.5 Å². The van der Waals surface area contributed by atoms with Crippen LogP contribution in [0.1, 0.15) is 27.5 Å². The van der Waals surface area contributed by atoms with Crippen LogP contribution in [-0.4, -0.2) is 97.3 Å². The Morgan fingerprint density at radius 2 is 1.69 bits per heavy atom. The van der Waals surface area contributed by atoms with E-state index < -0.39 is 79.4 Å². The molecule has 0 aliphatic carbocycles. The summed E-state index contributed by atoms with van der Waals surface area (Å²) in [5.74, 6) is -5.78. The van der Waals surface area contributed by atoms with Crippen molar-refractivity contribution in [2.24, 2.45) is 11.8 Å². The molecule has 4 rings (SSSR count). The maximum Gasteiger partial charge on any atom is 0.373 e. The van der Waals surface area contributed by atoms with Crippen molar-refractivity contribution in [3.63, 3.8) is 0 Å². The van der Waals surface area contributed by atoms with Crippen molar-refractivity contribution in [3.8, 4) is 0 Å². The molecule has 1 aromatic carbocycles. The summed E-state index contributed by atoms with van der Waals surface area (Å²) < 4.78 is 17.9. The average Bonchev–Trinajstić information content (AvgIpc) is 3.02. The number of ether oxygens (including phenoxy) is 3. The van der Waals surface area contributed by atoms with Crippen LogP contribution in [-0.2, 0) is 30.2 Å². The van der Waals surface area contributed by atoms with E-state index in [0.29, 0.717) is 5.56 Å². The van der Waals surface area contributed by atoms with Crippen molar-refractivity contribution < 1.29 is 68.9 Å². The highest BCUT2D eigenvalue weighted by molar-refractivity contribution is 5.88. The number of aliphatic hydroxyl groups is 4. The van der Waals surface area contributed by atoms with Crippen molar-refractivity contribution in [2.75, 3.05) is 6.61 Å². The van der Waals surface area contributed by atoms with Gasteiger partial charge in [-0.25, -0.2) is 14.4 Å². The number of aliphatic carboxylic acids is 2. The minimum atomic E-state index is -1.75. The molecular weight excluding hydrogens is 594 g/mol. The molecule has 0 bridgehead atoms. The molecule has 240 valence electrons. The summed E-state index contributed by atoms with van der Waals surface area (Å²) in [5, 5.41) is 69.7. The molecule has 1 aromatic heterocycles. The van der Waals surface area contributed by atoms with Crippen LogP contribution in [0.15, 0.2) is 79.4 Å². The summed E-state index contributed by atoms with van der Waals surface area (Å²) in [6, 6.07) is 8.94. The monoisotopic (exact) mass is 628 g/mol. The molecule has 45 heavy (non-hydrogen) atoms. The van der Waals surface area contributed by atoms with Gasteiger partial charge in [0.05, 0.1) is 24.4 Å². The molecule has 0 radical (unpaired) electrons. The Kier molecular flexibility index (Phi) is 10.8. The predicted octanol–water partition coefficient (Wildman–Crippen LogP) is 0.114. The zero-order valence-corrected chi connectivity index (χ0v) is 23.8. The van der Waals surface area contributed by atoms with Crippen molar-refractivity contribution >= 4 is 24.0 Å². The highest BCUT2D eigenvalue weighted by Crippen LogP contribution is 2.36. The summed E-state index contributed by atoms with van der Waals surface area (Å²) >= 11 is 0. The lowest BCUT2D eigenvalue weighted by Crippen LogP contribution is -2.60. The molecular formula is C31H34NO13+. The Labute approximate surface area is 257 Å². The van der Waals surface area contributed by atoms with Crippen LogP contribution in [0.25, 0.3) is 6.08 Å². The smallest absolute Gasteiger partial charge is 0.373 e. The molecule has 14 heteroatoms. The fraction of sp³-hybridized carbons (Fsp3) is 0.355. The number of carbonyl (C=O) groups is 3. The Hall–Kier alpha value is -4.44. The van der Waals surface area contributed by atoms with E-state index in [0.717, 1.165) is 6.26 Å². The van der Waals surface area contributed by atoms with E-state index in [1.807, 2.05) is 0 Å². The van der Waals surface area contributed by atoms with E-state index in [-0.39, 0.29) is 23.1 Å². The third kappa shape index (κ3) is 7.62. The van der Waals surface area contributed by atoms with Gasteiger partial charge in [-0.3, -0.25) is 0 Å². The summed E-state index contributed by atoms with van der Waals surface area (Å²) in [5.41, 5.74) is 0.536. The number of aromatic carboxylic acids is 1. The Bertz CT molecular complexity index is 1460. The fourth-order valence-electron chi connectivity index (χ4n) is 5.19. The van der Waals surface area contributed by atoms with E-state index in [4.69, 9.17) is 14.2 Å². The largest absolute Gasteiger partial charge is 0.478 e. The molecule has 0 spiro atoms. The minimum Gasteiger partial charge on any atom is -0.478 e. The molecule has 2 aliphatic heterocycles. The Morgan fingerprint density at radius 1 is 0.978 bits per heavy atom. The van der Waals surface area contributed by atoms with Gasteiger partial charge in [0.1, 0.15) is 30.0 Å². The van der Waals surface area contributed by atoms with Crippen LogP contribution in [0.4, 0.5) is 0 Å². The number of carboxylic acid groups (broad SMARTS) is 3. The van der Waals surface area contributed by atoms with Gasteiger partial charge < -0.3 is 50.0 Å². The van der Waals surface area contributed by atoms with Gasteiger partial charge in [0.15, 0.2) is 18.7 Å². The number of pyridine rings is 1. The standard InChI is InChI=1S/C31H33NO13/c1-2-19-20(21(28(39)40)15-43-30(19)45-31-26(36)25(35)24(34)23(14-33)44-31)9-8-17-10-18(27(37)38)13-32(12-17)22(29(41)42)11-16-6-4-3-5-7-16/h2-10,12-13,15,19-20,22-26,30-31,33-36H,1,11,14H2,(H2-,37,38,39,40,41,42)/p+1/b9-8+/t19?,20?,22?,23-,24-,25+,26-,30?,31+/m1/s1. The van der Waals surface area contributed by atoms with Crippen LogP contribution in [0.3, 0.4) is 0 Å². The molecule has 1 saturated heterocycles. The number of nitrogens with zero attached hydrogens (tertiary/aromatic N) is 1.